The van der Waals surface area contributed by atoms with Gasteiger partial charge in [0.15, 0.2) is 0 Å². The van der Waals surface area contributed by atoms with Crippen LogP contribution in [-0.2, 0) is 0 Å². The SMILES string of the molecule is Cc1cccn2c(NC(C)(C)CC(C)(C)C)c(-c3ccc(F)cc3)nc12. The number of hydrogen-bond donors (Lipinski definition) is 1. The average Bonchev–Trinajstić information content (AvgIpc) is 2.85. The topological polar surface area (TPSA) is 29.3 Å². The quantitative estimate of drug-likeness (QED) is 0.616. The highest BCUT2D eigenvalue weighted by Crippen LogP contribution is 2.35. The van der Waals surface area contributed by atoms with Crippen molar-refractivity contribution in [3.8, 4) is 11.3 Å². The van der Waals surface area contributed by atoms with E-state index in [1.807, 2.05) is 12.3 Å². The molecule has 3 nitrogen and oxygen atoms in total. The van der Waals surface area contributed by atoms with E-state index in [2.05, 4.69) is 57.3 Å². The van der Waals surface area contributed by atoms with Gasteiger partial charge in [0.05, 0.1) is 0 Å². The van der Waals surface area contributed by atoms with Gasteiger partial charge in [0, 0.05) is 17.3 Å². The highest BCUT2D eigenvalue weighted by atomic mass is 19.1. The van der Waals surface area contributed by atoms with Crippen molar-refractivity contribution in [2.24, 2.45) is 5.41 Å². The molecule has 0 unspecified atom stereocenters. The molecule has 0 bridgehead atoms. The summed E-state index contributed by atoms with van der Waals surface area (Å²) in [5, 5.41) is 3.71. The molecule has 3 aromatic rings. The molecule has 138 valence electrons. The molecule has 2 heterocycles. The maximum Gasteiger partial charge on any atom is 0.142 e. The van der Waals surface area contributed by atoms with Crippen LogP contribution in [0.1, 0.15) is 46.6 Å². The normalized spacial score (nSPS) is 12.6. The van der Waals surface area contributed by atoms with Gasteiger partial charge in [-0.1, -0.05) is 26.8 Å². The first-order valence-corrected chi connectivity index (χ1v) is 9.08. The van der Waals surface area contributed by atoms with Crippen LogP contribution in [0.3, 0.4) is 0 Å². The lowest BCUT2D eigenvalue weighted by atomic mass is 9.82. The second kappa shape index (κ2) is 6.42. The maximum atomic E-state index is 13.4. The summed E-state index contributed by atoms with van der Waals surface area (Å²) < 4.78 is 15.5. The Hall–Kier alpha value is -2.36. The standard InChI is InChI=1S/C22H28FN3/c1-15-8-7-13-26-19(15)24-18(16-9-11-17(23)12-10-16)20(26)25-22(5,6)14-21(2,3)4/h7-13,25H,14H2,1-6H3. The van der Waals surface area contributed by atoms with Crippen LogP contribution in [-0.4, -0.2) is 14.9 Å². The Kier molecular flexibility index (Phi) is 4.55. The number of rotatable bonds is 4. The minimum atomic E-state index is -0.240. The fraction of sp³-hybridized carbons (Fsp3) is 0.409. The van der Waals surface area contributed by atoms with Crippen LogP contribution in [0.4, 0.5) is 10.2 Å². The minimum absolute atomic E-state index is 0.118. The van der Waals surface area contributed by atoms with E-state index in [1.165, 1.54) is 12.1 Å². The molecule has 0 spiro atoms. The van der Waals surface area contributed by atoms with Gasteiger partial charge in [0.25, 0.3) is 0 Å². The third-order valence-corrected chi connectivity index (χ3v) is 4.39. The van der Waals surface area contributed by atoms with E-state index < -0.39 is 0 Å². The summed E-state index contributed by atoms with van der Waals surface area (Å²) in [5.74, 6) is 0.709. The molecule has 2 aromatic heterocycles. The number of benzene rings is 1. The molecule has 0 atom stereocenters. The van der Waals surface area contributed by atoms with Crippen LogP contribution in [0.15, 0.2) is 42.6 Å². The van der Waals surface area contributed by atoms with Crippen molar-refractivity contribution in [2.45, 2.75) is 53.5 Å². The Bertz CT molecular complexity index is 915. The zero-order valence-electron chi connectivity index (χ0n) is 16.5. The van der Waals surface area contributed by atoms with Gasteiger partial charge < -0.3 is 5.32 Å². The number of aryl methyl sites for hydroxylation is 1. The first-order chi connectivity index (χ1) is 12.1. The Morgan fingerprint density at radius 2 is 1.69 bits per heavy atom. The Labute approximate surface area is 155 Å². The van der Waals surface area contributed by atoms with Crippen molar-refractivity contribution >= 4 is 11.5 Å². The molecule has 0 aliphatic carbocycles. The summed E-state index contributed by atoms with van der Waals surface area (Å²) in [5.41, 5.74) is 3.86. The van der Waals surface area contributed by atoms with Gasteiger partial charge in [0.2, 0.25) is 0 Å². The highest BCUT2D eigenvalue weighted by molar-refractivity contribution is 5.77. The van der Waals surface area contributed by atoms with Crippen LogP contribution in [0.25, 0.3) is 16.9 Å². The largest absolute Gasteiger partial charge is 0.364 e. The number of halogens is 1. The van der Waals surface area contributed by atoms with Crippen molar-refractivity contribution in [3.05, 3.63) is 54.0 Å². The van der Waals surface area contributed by atoms with Gasteiger partial charge in [-0.3, -0.25) is 4.40 Å². The Morgan fingerprint density at radius 1 is 1.04 bits per heavy atom. The highest BCUT2D eigenvalue weighted by Gasteiger charge is 2.28. The van der Waals surface area contributed by atoms with Gasteiger partial charge >= 0.3 is 0 Å². The van der Waals surface area contributed by atoms with Crippen molar-refractivity contribution in [2.75, 3.05) is 5.32 Å². The predicted molar refractivity (Wildman–Crippen MR) is 107 cm³/mol. The second-order valence-electron chi connectivity index (χ2n) is 8.95. The van der Waals surface area contributed by atoms with Crippen LogP contribution in [0, 0.1) is 18.2 Å². The summed E-state index contributed by atoms with van der Waals surface area (Å²) in [6, 6.07) is 10.6. The molecule has 4 heteroatoms. The minimum Gasteiger partial charge on any atom is -0.364 e. The van der Waals surface area contributed by atoms with E-state index >= 15 is 0 Å². The number of aromatic nitrogens is 2. The molecule has 0 saturated heterocycles. The molecule has 0 radical (unpaired) electrons. The summed E-state index contributed by atoms with van der Waals surface area (Å²) in [4.78, 5) is 4.87. The number of hydrogen-bond acceptors (Lipinski definition) is 2. The maximum absolute atomic E-state index is 13.4. The zero-order valence-corrected chi connectivity index (χ0v) is 16.5. The summed E-state index contributed by atoms with van der Waals surface area (Å²) in [6.45, 7) is 13.2. The summed E-state index contributed by atoms with van der Waals surface area (Å²) in [6.07, 6.45) is 3.03. The molecule has 0 aliphatic rings. The Morgan fingerprint density at radius 3 is 2.31 bits per heavy atom. The first kappa shape index (κ1) is 18.4. The molecule has 0 saturated carbocycles. The number of nitrogens with zero attached hydrogens (tertiary/aromatic N) is 2. The van der Waals surface area contributed by atoms with Gasteiger partial charge in [0.1, 0.15) is 23.0 Å². The van der Waals surface area contributed by atoms with Crippen molar-refractivity contribution in [3.63, 3.8) is 0 Å². The molecule has 1 aromatic carbocycles. The molecule has 26 heavy (non-hydrogen) atoms. The summed E-state index contributed by atoms with van der Waals surface area (Å²) >= 11 is 0. The first-order valence-electron chi connectivity index (χ1n) is 9.08. The lowest BCUT2D eigenvalue weighted by molar-refractivity contribution is 0.302. The molecule has 0 fully saturated rings. The van der Waals surface area contributed by atoms with E-state index in [0.717, 1.165) is 34.7 Å². The van der Waals surface area contributed by atoms with Gasteiger partial charge in [-0.2, -0.15) is 0 Å². The molecular formula is C22H28FN3. The fourth-order valence-corrected chi connectivity index (χ4v) is 3.82. The number of pyridine rings is 1. The van der Waals surface area contributed by atoms with Crippen molar-refractivity contribution < 1.29 is 4.39 Å². The molecular weight excluding hydrogens is 325 g/mol. The van der Waals surface area contributed by atoms with E-state index in [0.29, 0.717) is 0 Å². The fourth-order valence-electron chi connectivity index (χ4n) is 3.82. The van der Waals surface area contributed by atoms with Gasteiger partial charge in [-0.05, 0) is 68.5 Å². The molecule has 0 amide bonds. The van der Waals surface area contributed by atoms with E-state index in [9.17, 15) is 4.39 Å². The molecule has 0 aliphatic heterocycles. The third-order valence-electron chi connectivity index (χ3n) is 4.39. The van der Waals surface area contributed by atoms with Crippen LogP contribution < -0.4 is 5.32 Å². The second-order valence-corrected chi connectivity index (χ2v) is 8.95. The number of imidazole rings is 1. The molecule has 1 N–H and O–H groups in total. The third kappa shape index (κ3) is 3.90. The zero-order chi connectivity index (χ0) is 19.1. The summed E-state index contributed by atoms with van der Waals surface area (Å²) in [7, 11) is 0. The molecule has 3 rings (SSSR count). The van der Waals surface area contributed by atoms with Crippen molar-refractivity contribution in [1.82, 2.24) is 9.38 Å². The van der Waals surface area contributed by atoms with E-state index in [4.69, 9.17) is 4.98 Å². The lowest BCUT2D eigenvalue weighted by Gasteiger charge is -2.34. The van der Waals surface area contributed by atoms with E-state index in [-0.39, 0.29) is 16.8 Å². The lowest BCUT2D eigenvalue weighted by Crippen LogP contribution is -2.36. The average molecular weight is 353 g/mol. The van der Waals surface area contributed by atoms with Crippen LogP contribution in [0.5, 0.6) is 0 Å². The predicted octanol–water partition coefficient (Wildman–Crippen LogP) is 6.08. The van der Waals surface area contributed by atoms with Crippen LogP contribution in [0.2, 0.25) is 0 Å². The van der Waals surface area contributed by atoms with Gasteiger partial charge in [-0.15, -0.1) is 0 Å². The number of fused-ring (bicyclic) bond motifs is 1. The Balaban J connectivity index is 2.14. The van der Waals surface area contributed by atoms with Gasteiger partial charge in [-0.25, -0.2) is 9.37 Å². The van der Waals surface area contributed by atoms with Crippen LogP contribution >= 0.6 is 0 Å². The monoisotopic (exact) mass is 353 g/mol. The smallest absolute Gasteiger partial charge is 0.142 e. The van der Waals surface area contributed by atoms with Crippen molar-refractivity contribution in [1.29, 1.82) is 0 Å². The number of nitrogens with one attached hydrogen (secondary N) is 1. The van der Waals surface area contributed by atoms with E-state index in [1.54, 1.807) is 12.1 Å². The number of anilines is 1.